The zero-order chi connectivity index (χ0) is 13.8. The third-order valence-corrected chi connectivity index (χ3v) is 3.17. The number of halogens is 2. The van der Waals surface area contributed by atoms with Gasteiger partial charge in [-0.05, 0) is 24.6 Å². The quantitative estimate of drug-likeness (QED) is 0.866. The molecule has 0 saturated carbocycles. The van der Waals surface area contributed by atoms with Crippen LogP contribution in [0.1, 0.15) is 23.9 Å². The molecule has 1 N–H and O–H groups in total. The molecule has 2 rings (SSSR count). The molecule has 1 aromatic carbocycles. The number of hydrogen-bond acceptors (Lipinski definition) is 3. The number of nitrogens with one attached hydrogen (secondary N) is 1. The molecule has 1 aromatic heterocycles. The molecule has 0 bridgehead atoms. The third-order valence-electron chi connectivity index (χ3n) is 2.80. The number of benzene rings is 1. The van der Waals surface area contributed by atoms with E-state index in [2.05, 4.69) is 15.3 Å². The maximum Gasteiger partial charge on any atom is 0.137 e. The summed E-state index contributed by atoms with van der Waals surface area (Å²) in [4.78, 5) is 8.56. The van der Waals surface area contributed by atoms with Crippen molar-refractivity contribution in [2.45, 2.75) is 26.8 Å². The summed E-state index contributed by atoms with van der Waals surface area (Å²) in [6, 6.07) is 6.45. The van der Waals surface area contributed by atoms with Crippen LogP contribution in [0, 0.1) is 12.7 Å². The fourth-order valence-electron chi connectivity index (χ4n) is 1.70. The smallest absolute Gasteiger partial charge is 0.137 e. The van der Waals surface area contributed by atoms with Gasteiger partial charge in [-0.15, -0.1) is 0 Å². The van der Waals surface area contributed by atoms with Gasteiger partial charge in [0.25, 0.3) is 0 Å². The summed E-state index contributed by atoms with van der Waals surface area (Å²) < 4.78 is 13.1. The molecule has 19 heavy (non-hydrogen) atoms. The molecule has 0 fully saturated rings. The first-order valence-corrected chi connectivity index (χ1v) is 6.49. The predicted octanol–water partition coefficient (Wildman–Crippen LogP) is 3.75. The molecular formula is C14H15ClFN3. The van der Waals surface area contributed by atoms with Gasteiger partial charge in [-0.25, -0.2) is 14.4 Å². The second-order valence-electron chi connectivity index (χ2n) is 4.24. The van der Waals surface area contributed by atoms with E-state index in [4.69, 9.17) is 11.6 Å². The van der Waals surface area contributed by atoms with Gasteiger partial charge in [-0.3, -0.25) is 0 Å². The molecule has 100 valence electrons. The maximum absolute atomic E-state index is 13.1. The highest BCUT2D eigenvalue weighted by molar-refractivity contribution is 6.30. The van der Waals surface area contributed by atoms with Gasteiger partial charge < -0.3 is 5.32 Å². The monoisotopic (exact) mass is 279 g/mol. The predicted molar refractivity (Wildman–Crippen MR) is 74.9 cm³/mol. The zero-order valence-electron chi connectivity index (χ0n) is 10.9. The van der Waals surface area contributed by atoms with Crippen molar-refractivity contribution in [3.63, 3.8) is 0 Å². The standard InChI is InChI=1S/C14H15ClFN3/c1-3-12-18-13(15)9(2)14(19-12)17-8-10-5-4-6-11(16)7-10/h4-7H,3,8H2,1-2H3,(H,17,18,19). The fraction of sp³-hybridized carbons (Fsp3) is 0.286. The second kappa shape index (κ2) is 5.97. The van der Waals surface area contributed by atoms with Crippen LogP contribution in [0.15, 0.2) is 24.3 Å². The van der Waals surface area contributed by atoms with E-state index in [1.807, 2.05) is 19.9 Å². The lowest BCUT2D eigenvalue weighted by Gasteiger charge is -2.11. The molecule has 0 unspecified atom stereocenters. The first-order valence-electron chi connectivity index (χ1n) is 6.11. The van der Waals surface area contributed by atoms with Crippen molar-refractivity contribution in [2.24, 2.45) is 0 Å². The second-order valence-corrected chi connectivity index (χ2v) is 4.60. The Balaban J connectivity index is 2.17. The van der Waals surface area contributed by atoms with Crippen molar-refractivity contribution in [3.05, 3.63) is 52.2 Å². The van der Waals surface area contributed by atoms with Gasteiger partial charge in [0, 0.05) is 18.5 Å². The molecule has 0 radical (unpaired) electrons. The average molecular weight is 280 g/mol. The molecule has 0 aliphatic heterocycles. The fourth-order valence-corrected chi connectivity index (χ4v) is 1.88. The Morgan fingerprint density at radius 3 is 2.79 bits per heavy atom. The van der Waals surface area contributed by atoms with Gasteiger partial charge in [-0.2, -0.15) is 0 Å². The van der Waals surface area contributed by atoms with Crippen LogP contribution < -0.4 is 5.32 Å². The third kappa shape index (κ3) is 3.41. The minimum Gasteiger partial charge on any atom is -0.366 e. The normalized spacial score (nSPS) is 10.5. The van der Waals surface area contributed by atoms with Gasteiger partial charge in [0.05, 0.1) is 0 Å². The largest absolute Gasteiger partial charge is 0.366 e. The van der Waals surface area contributed by atoms with Gasteiger partial charge in [0.1, 0.15) is 22.6 Å². The molecule has 0 aliphatic carbocycles. The number of nitrogens with zero attached hydrogens (tertiary/aromatic N) is 2. The molecular weight excluding hydrogens is 265 g/mol. The molecule has 3 nitrogen and oxygen atoms in total. The molecule has 0 saturated heterocycles. The van der Waals surface area contributed by atoms with Crippen LogP contribution in [0.5, 0.6) is 0 Å². The highest BCUT2D eigenvalue weighted by atomic mass is 35.5. The molecule has 0 aliphatic rings. The van der Waals surface area contributed by atoms with Crippen molar-refractivity contribution in [2.75, 3.05) is 5.32 Å². The SMILES string of the molecule is CCc1nc(Cl)c(C)c(NCc2cccc(F)c2)n1. The summed E-state index contributed by atoms with van der Waals surface area (Å²) in [6.45, 7) is 4.32. The van der Waals surface area contributed by atoms with E-state index in [0.717, 1.165) is 11.1 Å². The summed E-state index contributed by atoms with van der Waals surface area (Å²) in [5.74, 6) is 1.14. The van der Waals surface area contributed by atoms with E-state index in [1.54, 1.807) is 6.07 Å². The molecule has 0 amide bonds. The first kappa shape index (κ1) is 13.7. The maximum atomic E-state index is 13.1. The first-order chi connectivity index (χ1) is 9.10. The lowest BCUT2D eigenvalue weighted by atomic mass is 10.2. The van der Waals surface area contributed by atoms with Crippen molar-refractivity contribution in [1.29, 1.82) is 0 Å². The van der Waals surface area contributed by atoms with Crippen molar-refractivity contribution in [1.82, 2.24) is 9.97 Å². The molecule has 0 atom stereocenters. The highest BCUT2D eigenvalue weighted by Gasteiger charge is 2.08. The van der Waals surface area contributed by atoms with Gasteiger partial charge in [0.15, 0.2) is 0 Å². The van der Waals surface area contributed by atoms with Crippen LogP contribution in [0.3, 0.4) is 0 Å². The molecule has 2 aromatic rings. The van der Waals surface area contributed by atoms with Crippen LogP contribution in [0.2, 0.25) is 5.15 Å². The topological polar surface area (TPSA) is 37.8 Å². The minimum atomic E-state index is -0.244. The van der Waals surface area contributed by atoms with E-state index < -0.39 is 0 Å². The van der Waals surface area contributed by atoms with Gasteiger partial charge in [-0.1, -0.05) is 30.7 Å². The summed E-state index contributed by atoms with van der Waals surface area (Å²) in [7, 11) is 0. The van der Waals surface area contributed by atoms with Gasteiger partial charge >= 0.3 is 0 Å². The highest BCUT2D eigenvalue weighted by Crippen LogP contribution is 2.20. The lowest BCUT2D eigenvalue weighted by Crippen LogP contribution is -2.07. The van der Waals surface area contributed by atoms with Crippen molar-refractivity contribution in [3.8, 4) is 0 Å². The Morgan fingerprint density at radius 1 is 1.32 bits per heavy atom. The average Bonchev–Trinajstić information content (AvgIpc) is 2.40. The summed E-state index contributed by atoms with van der Waals surface area (Å²) in [5.41, 5.74) is 1.66. The van der Waals surface area contributed by atoms with E-state index in [-0.39, 0.29) is 5.82 Å². The number of aryl methyl sites for hydroxylation is 1. The number of aromatic nitrogens is 2. The van der Waals surface area contributed by atoms with Gasteiger partial charge in [0.2, 0.25) is 0 Å². The Hall–Kier alpha value is -1.68. The Bertz CT molecular complexity index is 587. The molecule has 1 heterocycles. The Kier molecular flexibility index (Phi) is 4.32. The van der Waals surface area contributed by atoms with Crippen LogP contribution in [0.4, 0.5) is 10.2 Å². The lowest BCUT2D eigenvalue weighted by molar-refractivity contribution is 0.626. The Labute approximate surface area is 116 Å². The Morgan fingerprint density at radius 2 is 2.11 bits per heavy atom. The van der Waals surface area contributed by atoms with Crippen LogP contribution in [-0.2, 0) is 13.0 Å². The van der Waals surface area contributed by atoms with Crippen LogP contribution >= 0.6 is 11.6 Å². The van der Waals surface area contributed by atoms with E-state index in [0.29, 0.717) is 29.8 Å². The molecule has 0 spiro atoms. The number of anilines is 1. The summed E-state index contributed by atoms with van der Waals surface area (Å²) >= 11 is 6.05. The summed E-state index contributed by atoms with van der Waals surface area (Å²) in [6.07, 6.45) is 0.717. The number of hydrogen-bond donors (Lipinski definition) is 1. The minimum absolute atomic E-state index is 0.244. The van der Waals surface area contributed by atoms with Crippen molar-refractivity contribution >= 4 is 17.4 Å². The summed E-state index contributed by atoms with van der Waals surface area (Å²) in [5, 5.41) is 3.62. The van der Waals surface area contributed by atoms with E-state index >= 15 is 0 Å². The van der Waals surface area contributed by atoms with E-state index in [1.165, 1.54) is 12.1 Å². The van der Waals surface area contributed by atoms with E-state index in [9.17, 15) is 4.39 Å². The zero-order valence-corrected chi connectivity index (χ0v) is 11.6. The van der Waals surface area contributed by atoms with Crippen LogP contribution in [0.25, 0.3) is 0 Å². The molecule has 5 heteroatoms. The van der Waals surface area contributed by atoms with Crippen LogP contribution in [-0.4, -0.2) is 9.97 Å². The number of rotatable bonds is 4. The van der Waals surface area contributed by atoms with Crippen molar-refractivity contribution < 1.29 is 4.39 Å².